The molecule has 0 aliphatic carbocycles. The van der Waals surface area contributed by atoms with E-state index in [2.05, 4.69) is 26.6 Å². The number of ketones is 1. The Kier molecular flexibility index (Phi) is 12.7. The van der Waals surface area contributed by atoms with Crippen molar-refractivity contribution in [2.45, 2.75) is 90.2 Å². The third-order valence-corrected chi connectivity index (χ3v) is 11.9. The number of nitrogens with zero attached hydrogens (tertiary/aromatic N) is 3. The number of hydrogen-bond acceptors (Lipinski definition) is 9. The van der Waals surface area contributed by atoms with Crippen molar-refractivity contribution < 1.29 is 43.0 Å². The standard InChI is InChI=1S/C46H54N6O9/c1-26(2)39(48-45(57)59-5)42(55)50-20-10-14-34(50)37(53)23-28-16-19-33-30(22-28)24-36-32-18-17-31(25-38(32)61-44(52(33)36)29-12-8-7-9-13-29)47-41(54)35-15-11-21-51(35)43(56)40(27(3)4)49-46(58)60-6/h7-9,12-13,16-19,22,24-27,34-35,39-40,44H,10-11,14-15,20-21,23H2,1-6H3,(H,47,54)(H,48,57)(H,49,58)/t34-,35-,39-,40-,44+/m0/s1. The molecule has 0 radical (unpaired) electrons. The first-order chi connectivity index (χ1) is 29.3. The highest BCUT2D eigenvalue weighted by atomic mass is 16.5. The SMILES string of the molecule is COC(=O)N[C@H](C(=O)N1CCC[C@H]1C(=O)Cc1ccc2c(c1)cc1n2[C@@H](c2ccccc2)Oc2cc(NC(=O)[C@@H]3CCCN3C(=O)[C@@H](NC(=O)OC)C(C)C)ccc2-1)C(C)C. The Hall–Kier alpha value is -6.38. The Morgan fingerprint density at radius 1 is 0.738 bits per heavy atom. The summed E-state index contributed by atoms with van der Waals surface area (Å²) in [6.07, 6.45) is 0.543. The number of likely N-dealkylation sites (tertiary alicyclic amines) is 2. The average Bonchev–Trinajstić information content (AvgIpc) is 4.03. The number of Topliss-reactive ketones (excluding diaryl/α,β-unsaturated/α-hetero) is 1. The van der Waals surface area contributed by atoms with Crippen LogP contribution in [0.5, 0.6) is 5.75 Å². The van der Waals surface area contributed by atoms with E-state index < -0.39 is 42.6 Å². The number of amides is 5. The number of nitrogens with one attached hydrogen (secondary N) is 3. The van der Waals surface area contributed by atoms with Crippen LogP contribution in [0.3, 0.4) is 0 Å². The molecule has 4 aromatic rings. The number of carbonyl (C=O) groups is 6. The number of rotatable bonds is 12. The van der Waals surface area contributed by atoms with Crippen LogP contribution in [0.4, 0.5) is 15.3 Å². The molecular formula is C46H54N6O9. The van der Waals surface area contributed by atoms with Gasteiger partial charge in [-0.05, 0) is 73.4 Å². The van der Waals surface area contributed by atoms with Gasteiger partial charge in [-0.3, -0.25) is 19.2 Å². The van der Waals surface area contributed by atoms with Gasteiger partial charge in [-0.1, -0.05) is 64.1 Å². The highest BCUT2D eigenvalue weighted by Gasteiger charge is 2.40. The zero-order valence-corrected chi connectivity index (χ0v) is 35.4. The number of hydrogen-bond donors (Lipinski definition) is 3. The van der Waals surface area contributed by atoms with Crippen LogP contribution in [0.1, 0.15) is 70.7 Å². The van der Waals surface area contributed by atoms with Crippen LogP contribution in [0, 0.1) is 11.8 Å². The first-order valence-corrected chi connectivity index (χ1v) is 20.9. The quantitative estimate of drug-likeness (QED) is 0.154. The number of fused-ring (bicyclic) bond motifs is 5. The van der Waals surface area contributed by atoms with Gasteiger partial charge in [-0.15, -0.1) is 0 Å². The molecule has 15 heteroatoms. The number of methoxy groups -OCH3 is 2. The maximum absolute atomic E-state index is 13.9. The Balaban J connectivity index is 1.13. The summed E-state index contributed by atoms with van der Waals surface area (Å²) in [6, 6.07) is 20.4. The van der Waals surface area contributed by atoms with Crippen LogP contribution >= 0.6 is 0 Å². The first-order valence-electron chi connectivity index (χ1n) is 20.9. The lowest BCUT2D eigenvalue weighted by molar-refractivity contribution is -0.139. The minimum atomic E-state index is -0.842. The molecule has 61 heavy (non-hydrogen) atoms. The monoisotopic (exact) mass is 834 g/mol. The van der Waals surface area contributed by atoms with Crippen LogP contribution in [0.2, 0.25) is 0 Å². The van der Waals surface area contributed by atoms with Gasteiger partial charge >= 0.3 is 12.2 Å². The van der Waals surface area contributed by atoms with E-state index in [9.17, 15) is 28.8 Å². The van der Waals surface area contributed by atoms with E-state index in [1.165, 1.54) is 19.1 Å². The predicted molar refractivity (Wildman–Crippen MR) is 228 cm³/mol. The Bertz CT molecular complexity index is 2320. The van der Waals surface area contributed by atoms with Crippen molar-refractivity contribution in [1.29, 1.82) is 0 Å². The Labute approximate surface area is 355 Å². The molecule has 3 aliphatic rings. The molecule has 0 saturated carbocycles. The van der Waals surface area contributed by atoms with Gasteiger partial charge in [0.25, 0.3) is 0 Å². The number of aromatic nitrogens is 1. The smallest absolute Gasteiger partial charge is 0.407 e. The zero-order valence-electron chi connectivity index (χ0n) is 35.4. The molecule has 1 aromatic heterocycles. The number of anilines is 1. The van der Waals surface area contributed by atoms with Gasteiger partial charge in [0.2, 0.25) is 23.9 Å². The second-order valence-electron chi connectivity index (χ2n) is 16.6. The highest BCUT2D eigenvalue weighted by molar-refractivity contribution is 6.00. The summed E-state index contributed by atoms with van der Waals surface area (Å²) >= 11 is 0. The van der Waals surface area contributed by atoms with Crippen LogP contribution < -0.4 is 20.7 Å². The lowest BCUT2D eigenvalue weighted by atomic mass is 9.99. The second kappa shape index (κ2) is 18.1. The molecule has 0 bridgehead atoms. The van der Waals surface area contributed by atoms with Gasteiger partial charge in [-0.25, -0.2) is 9.59 Å². The molecule has 5 amide bonds. The molecular weight excluding hydrogens is 781 g/mol. The largest absolute Gasteiger partial charge is 0.465 e. The molecule has 3 aromatic carbocycles. The lowest BCUT2D eigenvalue weighted by Gasteiger charge is -2.31. The zero-order chi connectivity index (χ0) is 43.5. The van der Waals surface area contributed by atoms with Crippen LogP contribution in [-0.2, 0) is 35.1 Å². The van der Waals surface area contributed by atoms with Gasteiger partial charge in [0.15, 0.2) is 5.78 Å². The normalized spacial score (nSPS) is 19.1. The highest BCUT2D eigenvalue weighted by Crippen LogP contribution is 2.45. The molecule has 2 fully saturated rings. The van der Waals surface area contributed by atoms with Gasteiger partial charge < -0.3 is 44.5 Å². The third-order valence-electron chi connectivity index (χ3n) is 11.9. The molecule has 0 spiro atoms. The van der Waals surface area contributed by atoms with E-state index in [1.54, 1.807) is 11.0 Å². The van der Waals surface area contributed by atoms with Gasteiger partial charge in [0.05, 0.1) is 31.5 Å². The number of carbonyl (C=O) groups excluding carboxylic acids is 6. The Morgan fingerprint density at radius 2 is 1.34 bits per heavy atom. The summed E-state index contributed by atoms with van der Waals surface area (Å²) in [6.45, 7) is 8.16. The van der Waals surface area contributed by atoms with Crippen molar-refractivity contribution in [2.75, 3.05) is 32.6 Å². The summed E-state index contributed by atoms with van der Waals surface area (Å²) in [4.78, 5) is 82.1. The van der Waals surface area contributed by atoms with Crippen LogP contribution in [0.15, 0.2) is 72.8 Å². The number of ether oxygens (including phenoxy) is 3. The molecule has 2 saturated heterocycles. The fourth-order valence-electron chi connectivity index (χ4n) is 8.74. The van der Waals surface area contributed by atoms with Crippen LogP contribution in [-0.4, -0.2) is 102 Å². The number of benzene rings is 3. The van der Waals surface area contributed by atoms with E-state index in [0.717, 1.165) is 33.3 Å². The summed E-state index contributed by atoms with van der Waals surface area (Å²) in [7, 11) is 2.49. The Morgan fingerprint density at radius 3 is 1.95 bits per heavy atom. The first kappa shape index (κ1) is 42.7. The van der Waals surface area contributed by atoms with E-state index in [4.69, 9.17) is 14.2 Å². The molecule has 5 atom stereocenters. The summed E-state index contributed by atoms with van der Waals surface area (Å²) in [5.41, 5.74) is 4.83. The van der Waals surface area contributed by atoms with Crippen molar-refractivity contribution in [3.63, 3.8) is 0 Å². The van der Waals surface area contributed by atoms with E-state index in [-0.39, 0.29) is 41.8 Å². The molecule has 3 aliphatic heterocycles. The lowest BCUT2D eigenvalue weighted by Crippen LogP contribution is -2.54. The summed E-state index contributed by atoms with van der Waals surface area (Å²) in [5.74, 6) is -0.890. The fraction of sp³-hybridized carbons (Fsp3) is 0.435. The summed E-state index contributed by atoms with van der Waals surface area (Å²) < 4.78 is 18.4. The van der Waals surface area contributed by atoms with Crippen molar-refractivity contribution in [3.8, 4) is 17.0 Å². The van der Waals surface area contributed by atoms with Crippen LogP contribution in [0.25, 0.3) is 22.2 Å². The molecule has 0 unspecified atom stereocenters. The summed E-state index contributed by atoms with van der Waals surface area (Å²) in [5, 5.41) is 9.17. The molecule has 4 heterocycles. The second-order valence-corrected chi connectivity index (χ2v) is 16.6. The van der Waals surface area contributed by atoms with Gasteiger partial charge in [0, 0.05) is 47.8 Å². The topological polar surface area (TPSA) is 178 Å². The maximum atomic E-state index is 13.9. The van der Waals surface area contributed by atoms with Crippen molar-refractivity contribution in [1.82, 2.24) is 25.0 Å². The van der Waals surface area contributed by atoms with Crippen molar-refractivity contribution >= 4 is 52.3 Å². The van der Waals surface area contributed by atoms with E-state index >= 15 is 0 Å². The predicted octanol–water partition coefficient (Wildman–Crippen LogP) is 6.04. The maximum Gasteiger partial charge on any atom is 0.407 e. The molecule has 15 nitrogen and oxygen atoms in total. The minimum Gasteiger partial charge on any atom is -0.465 e. The molecule has 322 valence electrons. The third kappa shape index (κ3) is 8.77. The molecule has 3 N–H and O–H groups in total. The van der Waals surface area contributed by atoms with E-state index in [0.29, 0.717) is 50.2 Å². The molecule has 7 rings (SSSR count). The van der Waals surface area contributed by atoms with Crippen molar-refractivity contribution in [3.05, 3.63) is 83.9 Å². The van der Waals surface area contributed by atoms with Gasteiger partial charge in [0.1, 0.15) is 23.9 Å². The average molecular weight is 835 g/mol. The minimum absolute atomic E-state index is 0.0668. The fourth-order valence-corrected chi connectivity index (χ4v) is 8.74. The number of alkyl carbamates (subject to hydrolysis) is 2. The van der Waals surface area contributed by atoms with Gasteiger partial charge in [-0.2, -0.15) is 0 Å². The van der Waals surface area contributed by atoms with Crippen molar-refractivity contribution in [2.24, 2.45) is 11.8 Å². The van der Waals surface area contributed by atoms with E-state index in [1.807, 2.05) is 88.4 Å².